The number of thiocarbonyl (C=S) groups is 1. The molecule has 2 aromatic heterocycles. The van der Waals surface area contributed by atoms with Crippen molar-refractivity contribution >= 4 is 34.4 Å². The smallest absolute Gasteiger partial charge is 0.402 e. The molecule has 1 aliphatic heterocycles. The highest BCUT2D eigenvalue weighted by Gasteiger charge is 2.32. The molecule has 0 bridgehead atoms. The maximum absolute atomic E-state index is 12.7. The first kappa shape index (κ1) is 21.2. The van der Waals surface area contributed by atoms with Gasteiger partial charge in [0.05, 0.1) is 6.54 Å². The molecule has 3 heterocycles. The van der Waals surface area contributed by atoms with Crippen LogP contribution in [0.1, 0.15) is 23.1 Å². The van der Waals surface area contributed by atoms with Crippen LogP contribution < -0.4 is 16.3 Å². The molecule has 0 saturated carbocycles. The van der Waals surface area contributed by atoms with E-state index in [-0.39, 0.29) is 12.5 Å². The summed E-state index contributed by atoms with van der Waals surface area (Å²) in [5.41, 5.74) is 6.73. The lowest BCUT2D eigenvalue weighted by Crippen LogP contribution is -2.34. The molecule has 0 fully saturated rings. The molecule has 2 aromatic rings. The summed E-state index contributed by atoms with van der Waals surface area (Å²) in [4.78, 5) is 22.7. The van der Waals surface area contributed by atoms with Crippen LogP contribution in [0.5, 0.6) is 0 Å². The predicted octanol–water partition coefficient (Wildman–Crippen LogP) is 3.14. The number of rotatable bonds is 5. The molecule has 3 rings (SSSR count). The predicted molar refractivity (Wildman–Crippen MR) is 110 cm³/mol. The second-order valence-electron chi connectivity index (χ2n) is 6.51. The van der Waals surface area contributed by atoms with Crippen molar-refractivity contribution in [3.63, 3.8) is 0 Å². The average molecular weight is 442 g/mol. The summed E-state index contributed by atoms with van der Waals surface area (Å²) in [6.45, 7) is 2.84. The molecule has 0 radical (unpaired) electrons. The monoisotopic (exact) mass is 441 g/mol. The lowest BCUT2D eigenvalue weighted by atomic mass is 10.0. The highest BCUT2D eigenvalue weighted by atomic mass is 32.1. The molecule has 0 spiro atoms. The van der Waals surface area contributed by atoms with Gasteiger partial charge in [-0.1, -0.05) is 18.3 Å². The number of aromatic nitrogens is 3. The van der Waals surface area contributed by atoms with E-state index < -0.39 is 16.7 Å². The van der Waals surface area contributed by atoms with Crippen molar-refractivity contribution in [3.05, 3.63) is 62.1 Å². The Kier molecular flexibility index (Phi) is 6.18. The van der Waals surface area contributed by atoms with Gasteiger partial charge < -0.3 is 10.6 Å². The van der Waals surface area contributed by atoms with E-state index in [2.05, 4.69) is 9.97 Å². The van der Waals surface area contributed by atoms with E-state index in [4.69, 9.17) is 18.0 Å². The van der Waals surface area contributed by atoms with Gasteiger partial charge in [0.15, 0.2) is 0 Å². The van der Waals surface area contributed by atoms with E-state index in [1.807, 2.05) is 11.0 Å². The van der Waals surface area contributed by atoms with E-state index >= 15 is 0 Å². The van der Waals surface area contributed by atoms with Crippen molar-refractivity contribution in [1.29, 1.82) is 0 Å². The van der Waals surface area contributed by atoms with Gasteiger partial charge in [-0.2, -0.15) is 18.2 Å². The maximum Gasteiger partial charge on any atom is 0.425 e. The zero-order chi connectivity index (χ0) is 21.2. The van der Waals surface area contributed by atoms with Crippen molar-refractivity contribution in [3.8, 4) is 0 Å². The van der Waals surface area contributed by atoms with Crippen molar-refractivity contribution in [2.75, 3.05) is 18.0 Å². The van der Waals surface area contributed by atoms with Gasteiger partial charge in [0.2, 0.25) is 5.95 Å². The Bertz CT molecular complexity index is 1030. The number of anilines is 1. The molecule has 0 atom stereocenters. The van der Waals surface area contributed by atoms with E-state index in [1.54, 1.807) is 13.0 Å². The minimum atomic E-state index is -4.39. The molecule has 0 saturated heterocycles. The van der Waals surface area contributed by atoms with Gasteiger partial charge in [-0.05, 0) is 37.1 Å². The molecule has 29 heavy (non-hydrogen) atoms. The van der Waals surface area contributed by atoms with Crippen molar-refractivity contribution in [2.24, 2.45) is 5.73 Å². The third-order valence-electron chi connectivity index (χ3n) is 4.19. The summed E-state index contributed by atoms with van der Waals surface area (Å²) in [7, 11) is 0. The van der Waals surface area contributed by atoms with Gasteiger partial charge in [-0.3, -0.25) is 4.57 Å². The molecule has 6 nitrogen and oxygen atoms in total. The van der Waals surface area contributed by atoms with Gasteiger partial charge in [-0.25, -0.2) is 9.78 Å². The number of alkyl halides is 3. The zero-order valence-corrected chi connectivity index (χ0v) is 17.1. The lowest BCUT2D eigenvalue weighted by molar-refractivity contribution is -0.134. The summed E-state index contributed by atoms with van der Waals surface area (Å²) in [6.07, 6.45) is 1.27. The largest absolute Gasteiger partial charge is 0.425 e. The van der Waals surface area contributed by atoms with Crippen LogP contribution in [0.25, 0.3) is 0 Å². The molecular weight excluding hydrogens is 423 g/mol. The number of hydrogen-bond donors (Lipinski definition) is 1. The van der Waals surface area contributed by atoms with Gasteiger partial charge in [0, 0.05) is 28.5 Å². The third-order valence-corrected chi connectivity index (χ3v) is 5.68. The molecule has 11 heteroatoms. The summed E-state index contributed by atoms with van der Waals surface area (Å²) >= 11 is 5.93. The number of nitrogens with two attached hydrogens (primary N) is 1. The number of thiophene rings is 1. The summed E-state index contributed by atoms with van der Waals surface area (Å²) < 4.78 is 39.3. The Morgan fingerprint density at radius 1 is 1.41 bits per heavy atom. The summed E-state index contributed by atoms with van der Waals surface area (Å²) in [5.74, 6) is 0.278. The Balaban J connectivity index is 1.70. The average Bonchev–Trinajstić information content (AvgIpc) is 3.12. The lowest BCUT2D eigenvalue weighted by Gasteiger charge is -2.26. The van der Waals surface area contributed by atoms with Gasteiger partial charge in [0.25, 0.3) is 0 Å². The SMILES string of the molecule is CC(N)=CC(=S)C1=CCN(c2ncn(Cc3ccc(C(F)(F)F)s3)c(=O)n2)CC1. The van der Waals surface area contributed by atoms with Crippen LogP contribution in [0.4, 0.5) is 19.1 Å². The van der Waals surface area contributed by atoms with Crippen molar-refractivity contribution < 1.29 is 13.2 Å². The fourth-order valence-electron chi connectivity index (χ4n) is 2.77. The molecule has 0 aliphatic carbocycles. The second-order valence-corrected chi connectivity index (χ2v) is 8.12. The van der Waals surface area contributed by atoms with E-state index in [0.717, 1.165) is 11.6 Å². The van der Waals surface area contributed by atoms with Crippen LogP contribution in [0.15, 0.2) is 46.7 Å². The standard InChI is InChI=1S/C18H18F3N5OS2/c1-11(22)8-14(28)12-4-6-25(7-5-12)16-23-10-26(17(27)24-16)9-13-2-3-15(29-13)18(19,20)21/h2-4,8,10H,5-7,9,22H2,1H3. The fraction of sp³-hybridized carbons (Fsp3) is 0.333. The first-order valence-electron chi connectivity index (χ1n) is 8.65. The molecular formula is C18H18F3N5OS2. The number of nitrogens with zero attached hydrogens (tertiary/aromatic N) is 4. The van der Waals surface area contributed by atoms with Gasteiger partial charge >= 0.3 is 11.9 Å². The Morgan fingerprint density at radius 3 is 2.72 bits per heavy atom. The van der Waals surface area contributed by atoms with Crippen LogP contribution in [-0.2, 0) is 12.7 Å². The Morgan fingerprint density at radius 2 is 2.17 bits per heavy atom. The minimum Gasteiger partial charge on any atom is -0.402 e. The summed E-state index contributed by atoms with van der Waals surface area (Å²) in [6, 6.07) is 2.36. The molecule has 0 aromatic carbocycles. The molecule has 0 amide bonds. The van der Waals surface area contributed by atoms with Crippen molar-refractivity contribution in [1.82, 2.24) is 14.5 Å². The second kappa shape index (κ2) is 8.46. The number of hydrogen-bond acceptors (Lipinski definition) is 7. The number of halogens is 3. The molecule has 0 unspecified atom stereocenters. The van der Waals surface area contributed by atoms with E-state index in [0.29, 0.717) is 46.3 Å². The molecule has 1 aliphatic rings. The van der Waals surface area contributed by atoms with E-state index in [9.17, 15) is 18.0 Å². The first-order chi connectivity index (χ1) is 13.6. The maximum atomic E-state index is 12.7. The fourth-order valence-corrected chi connectivity index (χ4v) is 4.01. The van der Waals surface area contributed by atoms with Crippen LogP contribution in [0, 0.1) is 0 Å². The van der Waals surface area contributed by atoms with Crippen LogP contribution in [0.3, 0.4) is 0 Å². The van der Waals surface area contributed by atoms with Crippen molar-refractivity contribution in [2.45, 2.75) is 26.1 Å². The quantitative estimate of drug-likeness (QED) is 0.568. The zero-order valence-electron chi connectivity index (χ0n) is 15.4. The van der Waals surface area contributed by atoms with Crippen LogP contribution >= 0.6 is 23.6 Å². The Labute approximate surface area is 174 Å². The highest BCUT2D eigenvalue weighted by Crippen LogP contribution is 2.34. The first-order valence-corrected chi connectivity index (χ1v) is 9.87. The van der Waals surface area contributed by atoms with Crippen LogP contribution in [0.2, 0.25) is 0 Å². The molecule has 154 valence electrons. The number of allylic oxidation sites excluding steroid dienone is 2. The van der Waals surface area contributed by atoms with Gasteiger partial charge in [0.1, 0.15) is 11.2 Å². The molecule has 2 N–H and O–H groups in total. The van der Waals surface area contributed by atoms with Gasteiger partial charge in [-0.15, -0.1) is 11.3 Å². The summed E-state index contributed by atoms with van der Waals surface area (Å²) in [5, 5.41) is 0. The normalized spacial score (nSPS) is 15.4. The Hall–Kier alpha value is -2.53. The van der Waals surface area contributed by atoms with E-state index in [1.165, 1.54) is 17.0 Å². The van der Waals surface area contributed by atoms with Crippen LogP contribution in [-0.4, -0.2) is 32.5 Å². The third kappa shape index (κ3) is 5.30. The topological polar surface area (TPSA) is 77.0 Å². The highest BCUT2D eigenvalue weighted by molar-refractivity contribution is 7.81. The minimum absolute atomic E-state index is 0.0110.